The van der Waals surface area contributed by atoms with Crippen LogP contribution in [0.5, 0.6) is 5.75 Å². The molecule has 3 aromatic rings. The van der Waals surface area contributed by atoms with Gasteiger partial charge in [-0.05, 0) is 47.2 Å². The van der Waals surface area contributed by atoms with Crippen molar-refractivity contribution in [3.05, 3.63) is 59.9 Å². The molecular formula is C16H15FN4OS. The van der Waals surface area contributed by atoms with Gasteiger partial charge in [0.25, 0.3) is 0 Å². The van der Waals surface area contributed by atoms with Crippen molar-refractivity contribution in [2.45, 2.75) is 17.8 Å². The maximum atomic E-state index is 13.2. The van der Waals surface area contributed by atoms with Crippen LogP contribution in [0.4, 0.5) is 4.39 Å². The summed E-state index contributed by atoms with van der Waals surface area (Å²) >= 11 is 1.44. The second-order valence-corrected chi connectivity index (χ2v) is 5.64. The fraction of sp³-hybridized carbons (Fsp3) is 0.188. The molecule has 0 saturated carbocycles. The molecule has 7 heteroatoms. The van der Waals surface area contributed by atoms with Gasteiger partial charge in [0.1, 0.15) is 17.3 Å². The summed E-state index contributed by atoms with van der Waals surface area (Å²) in [6.07, 6.45) is 0. The van der Waals surface area contributed by atoms with Gasteiger partial charge in [-0.1, -0.05) is 36.0 Å². The Bertz CT molecular complexity index is 793. The summed E-state index contributed by atoms with van der Waals surface area (Å²) in [6, 6.07) is 14.1. The van der Waals surface area contributed by atoms with Gasteiger partial charge in [-0.3, -0.25) is 0 Å². The number of thioether (sulfide) groups is 1. The topological polar surface area (TPSA) is 52.8 Å². The highest BCUT2D eigenvalue weighted by molar-refractivity contribution is 7.98. The van der Waals surface area contributed by atoms with Gasteiger partial charge in [0.2, 0.25) is 5.16 Å². The Balaban J connectivity index is 1.83. The number of para-hydroxylation sites is 2. The number of hydrogen-bond acceptors (Lipinski definition) is 5. The molecule has 0 saturated heterocycles. The van der Waals surface area contributed by atoms with Gasteiger partial charge in [0.05, 0.1) is 6.61 Å². The molecule has 0 atom stereocenters. The maximum absolute atomic E-state index is 13.2. The Labute approximate surface area is 137 Å². The van der Waals surface area contributed by atoms with E-state index in [1.807, 2.05) is 37.3 Å². The molecule has 0 bridgehead atoms. The van der Waals surface area contributed by atoms with Crippen LogP contribution in [0.1, 0.15) is 12.5 Å². The minimum atomic E-state index is -0.246. The smallest absolute Gasteiger partial charge is 0.214 e. The minimum Gasteiger partial charge on any atom is -0.492 e. The lowest BCUT2D eigenvalue weighted by molar-refractivity contribution is 0.337. The lowest BCUT2D eigenvalue weighted by Crippen LogP contribution is -2.03. The lowest BCUT2D eigenvalue weighted by Gasteiger charge is -2.10. The number of hydrogen-bond donors (Lipinski definition) is 0. The van der Waals surface area contributed by atoms with Crippen LogP contribution in [0.15, 0.2) is 53.7 Å². The number of halogens is 1. The summed E-state index contributed by atoms with van der Waals surface area (Å²) in [4.78, 5) is 0. The van der Waals surface area contributed by atoms with Gasteiger partial charge >= 0.3 is 0 Å². The van der Waals surface area contributed by atoms with Crippen molar-refractivity contribution in [3.8, 4) is 11.4 Å². The molecule has 3 rings (SSSR count). The fourth-order valence-electron chi connectivity index (χ4n) is 2.10. The molecule has 118 valence electrons. The van der Waals surface area contributed by atoms with Crippen LogP contribution in [0.25, 0.3) is 5.69 Å². The van der Waals surface area contributed by atoms with Crippen molar-refractivity contribution in [1.82, 2.24) is 20.2 Å². The molecule has 0 unspecified atom stereocenters. The molecule has 1 heterocycles. The van der Waals surface area contributed by atoms with Crippen molar-refractivity contribution in [3.63, 3.8) is 0 Å². The average Bonchev–Trinajstić information content (AvgIpc) is 3.02. The first kappa shape index (κ1) is 15.5. The Morgan fingerprint density at radius 1 is 1.17 bits per heavy atom. The van der Waals surface area contributed by atoms with E-state index < -0.39 is 0 Å². The molecule has 5 nitrogen and oxygen atoms in total. The summed E-state index contributed by atoms with van der Waals surface area (Å²) in [5.41, 5.74) is 1.66. The number of ether oxygens (including phenoxy) is 1. The molecule has 0 aliphatic heterocycles. The van der Waals surface area contributed by atoms with Gasteiger partial charge < -0.3 is 4.74 Å². The third-order valence-corrected chi connectivity index (χ3v) is 4.08. The SMILES string of the molecule is CCOc1ccccc1-n1nnnc1SCc1cccc(F)c1. The standard InChI is InChI=1S/C16H15FN4OS/c1-2-22-15-9-4-3-8-14(15)21-16(18-19-20-21)23-11-12-6-5-7-13(17)10-12/h3-10H,2,11H2,1H3. The molecule has 2 aromatic carbocycles. The highest BCUT2D eigenvalue weighted by atomic mass is 32.2. The summed E-state index contributed by atoms with van der Waals surface area (Å²) in [7, 11) is 0. The quantitative estimate of drug-likeness (QED) is 0.648. The highest BCUT2D eigenvalue weighted by Crippen LogP contribution is 2.27. The zero-order chi connectivity index (χ0) is 16.1. The normalized spacial score (nSPS) is 10.7. The number of benzene rings is 2. The average molecular weight is 330 g/mol. The Kier molecular flexibility index (Phi) is 4.87. The van der Waals surface area contributed by atoms with E-state index in [-0.39, 0.29) is 5.82 Å². The first-order valence-electron chi connectivity index (χ1n) is 7.15. The van der Waals surface area contributed by atoms with Crippen molar-refractivity contribution in [2.24, 2.45) is 0 Å². The van der Waals surface area contributed by atoms with Crippen LogP contribution in [-0.4, -0.2) is 26.8 Å². The number of tetrazole rings is 1. The largest absolute Gasteiger partial charge is 0.492 e. The van der Waals surface area contributed by atoms with Crippen LogP contribution in [0.2, 0.25) is 0 Å². The lowest BCUT2D eigenvalue weighted by atomic mass is 10.2. The summed E-state index contributed by atoms with van der Waals surface area (Å²) < 4.78 is 20.5. The predicted octanol–water partition coefficient (Wildman–Crippen LogP) is 3.49. The van der Waals surface area contributed by atoms with E-state index in [2.05, 4.69) is 15.5 Å². The first-order valence-corrected chi connectivity index (χ1v) is 8.14. The molecule has 0 N–H and O–H groups in total. The van der Waals surface area contributed by atoms with Crippen LogP contribution in [-0.2, 0) is 5.75 Å². The molecule has 23 heavy (non-hydrogen) atoms. The second kappa shape index (κ2) is 7.23. The minimum absolute atomic E-state index is 0.246. The fourth-order valence-corrected chi connectivity index (χ4v) is 2.93. The number of nitrogens with zero attached hydrogens (tertiary/aromatic N) is 4. The van der Waals surface area contributed by atoms with E-state index in [1.165, 1.54) is 23.9 Å². The van der Waals surface area contributed by atoms with E-state index in [9.17, 15) is 4.39 Å². The van der Waals surface area contributed by atoms with Crippen LogP contribution < -0.4 is 4.74 Å². The van der Waals surface area contributed by atoms with Crippen LogP contribution in [0, 0.1) is 5.82 Å². The number of rotatable bonds is 6. The van der Waals surface area contributed by atoms with Gasteiger partial charge in [-0.15, -0.1) is 5.10 Å². The van der Waals surface area contributed by atoms with Crippen molar-refractivity contribution in [1.29, 1.82) is 0 Å². The van der Waals surface area contributed by atoms with Gasteiger partial charge in [0, 0.05) is 5.75 Å². The Hall–Kier alpha value is -2.41. The molecule has 0 aliphatic rings. The van der Waals surface area contributed by atoms with E-state index in [0.29, 0.717) is 17.5 Å². The van der Waals surface area contributed by atoms with Gasteiger partial charge in [-0.2, -0.15) is 4.68 Å². The Morgan fingerprint density at radius 2 is 2.04 bits per heavy atom. The van der Waals surface area contributed by atoms with Crippen molar-refractivity contribution in [2.75, 3.05) is 6.61 Å². The third-order valence-electron chi connectivity index (χ3n) is 3.09. The molecule has 0 fully saturated rings. The highest BCUT2D eigenvalue weighted by Gasteiger charge is 2.13. The van der Waals surface area contributed by atoms with E-state index in [4.69, 9.17) is 4.74 Å². The molecule has 1 aromatic heterocycles. The van der Waals surface area contributed by atoms with Gasteiger partial charge in [-0.25, -0.2) is 4.39 Å². The molecule has 0 spiro atoms. The van der Waals surface area contributed by atoms with E-state index in [1.54, 1.807) is 10.7 Å². The van der Waals surface area contributed by atoms with Crippen LogP contribution >= 0.6 is 11.8 Å². The van der Waals surface area contributed by atoms with E-state index >= 15 is 0 Å². The summed E-state index contributed by atoms with van der Waals surface area (Å²) in [5.74, 6) is 1.05. The van der Waals surface area contributed by atoms with Gasteiger partial charge in [0.15, 0.2) is 0 Å². The zero-order valence-electron chi connectivity index (χ0n) is 12.5. The van der Waals surface area contributed by atoms with Crippen molar-refractivity contribution >= 4 is 11.8 Å². The molecular weight excluding hydrogens is 315 g/mol. The molecule has 0 aliphatic carbocycles. The summed E-state index contributed by atoms with van der Waals surface area (Å²) in [6.45, 7) is 2.49. The van der Waals surface area contributed by atoms with E-state index in [0.717, 1.165) is 17.0 Å². The molecule has 0 amide bonds. The molecule has 0 radical (unpaired) electrons. The second-order valence-electron chi connectivity index (χ2n) is 4.69. The monoisotopic (exact) mass is 330 g/mol. The first-order chi connectivity index (χ1) is 11.3. The van der Waals surface area contributed by atoms with Crippen LogP contribution in [0.3, 0.4) is 0 Å². The third kappa shape index (κ3) is 3.68. The maximum Gasteiger partial charge on any atom is 0.214 e. The number of aromatic nitrogens is 4. The Morgan fingerprint density at radius 3 is 2.87 bits per heavy atom. The zero-order valence-corrected chi connectivity index (χ0v) is 13.3. The summed E-state index contributed by atoms with van der Waals surface area (Å²) in [5, 5.41) is 12.5. The van der Waals surface area contributed by atoms with Crippen molar-refractivity contribution < 1.29 is 9.13 Å². The predicted molar refractivity (Wildman–Crippen MR) is 86.3 cm³/mol.